The molecule has 1 aliphatic heterocycles. The fourth-order valence-corrected chi connectivity index (χ4v) is 2.99. The summed E-state index contributed by atoms with van der Waals surface area (Å²) in [7, 11) is 3.31. The van der Waals surface area contributed by atoms with Gasteiger partial charge in [-0.2, -0.15) is 5.10 Å². The van der Waals surface area contributed by atoms with E-state index in [0.29, 0.717) is 13.1 Å². The number of aliphatic hydroxyl groups excluding tert-OH is 1. The maximum atomic E-state index is 9.94. The molecule has 1 N–H and O–H groups in total. The monoisotopic (exact) mass is 318 g/mol. The molecule has 1 saturated heterocycles. The van der Waals surface area contributed by atoms with Gasteiger partial charge in [0.25, 0.3) is 0 Å². The van der Waals surface area contributed by atoms with E-state index < -0.39 is 6.10 Å². The number of hydrogen-bond acceptors (Lipinski definition) is 6. The SMILES string of the molecule is COc1ccc(CN2C[C@H](OC)[C@@H](O)C2)cc1Cn1cncn1. The summed E-state index contributed by atoms with van der Waals surface area (Å²) in [5.41, 5.74) is 2.23. The number of hydrogen-bond donors (Lipinski definition) is 1. The molecule has 1 aromatic carbocycles. The van der Waals surface area contributed by atoms with E-state index in [1.165, 1.54) is 11.9 Å². The highest BCUT2D eigenvalue weighted by atomic mass is 16.5. The molecule has 0 spiro atoms. The maximum absolute atomic E-state index is 9.94. The molecule has 124 valence electrons. The van der Waals surface area contributed by atoms with Gasteiger partial charge >= 0.3 is 0 Å². The summed E-state index contributed by atoms with van der Waals surface area (Å²) in [5, 5.41) is 14.1. The van der Waals surface area contributed by atoms with Crippen molar-refractivity contribution in [2.75, 3.05) is 27.3 Å². The van der Waals surface area contributed by atoms with Gasteiger partial charge in [0.05, 0.1) is 25.9 Å². The van der Waals surface area contributed by atoms with Crippen LogP contribution in [0.4, 0.5) is 0 Å². The lowest BCUT2D eigenvalue weighted by atomic mass is 10.1. The van der Waals surface area contributed by atoms with Crippen molar-refractivity contribution in [3.63, 3.8) is 0 Å². The summed E-state index contributed by atoms with van der Waals surface area (Å²) in [6, 6.07) is 6.14. The Kier molecular flexibility index (Phi) is 4.90. The number of nitrogens with zero attached hydrogens (tertiary/aromatic N) is 4. The summed E-state index contributed by atoms with van der Waals surface area (Å²) >= 11 is 0. The number of rotatable bonds is 6. The fraction of sp³-hybridized carbons (Fsp3) is 0.500. The molecular formula is C16H22N4O3. The topological polar surface area (TPSA) is 72.6 Å². The summed E-state index contributed by atoms with van der Waals surface area (Å²) in [6.45, 7) is 2.75. The average Bonchev–Trinajstić information content (AvgIpc) is 3.17. The van der Waals surface area contributed by atoms with Gasteiger partial charge in [0.1, 0.15) is 18.4 Å². The lowest BCUT2D eigenvalue weighted by Gasteiger charge is -2.17. The predicted octanol–water partition coefficient (Wildman–Crippen LogP) is 0.526. The number of ether oxygens (including phenoxy) is 2. The van der Waals surface area contributed by atoms with Gasteiger partial charge in [-0.05, 0) is 17.7 Å². The third-order valence-electron chi connectivity index (χ3n) is 4.17. The van der Waals surface area contributed by atoms with Gasteiger partial charge in [-0.3, -0.25) is 4.90 Å². The highest BCUT2D eigenvalue weighted by Gasteiger charge is 2.31. The zero-order valence-electron chi connectivity index (χ0n) is 13.4. The van der Waals surface area contributed by atoms with Gasteiger partial charge in [-0.15, -0.1) is 0 Å². The molecule has 1 fully saturated rings. The first-order chi connectivity index (χ1) is 11.2. The molecule has 2 heterocycles. The first-order valence-electron chi connectivity index (χ1n) is 7.61. The Hall–Kier alpha value is -1.96. The third-order valence-corrected chi connectivity index (χ3v) is 4.17. The largest absolute Gasteiger partial charge is 0.496 e. The molecule has 2 atom stereocenters. The Balaban J connectivity index is 1.73. The van der Waals surface area contributed by atoms with Gasteiger partial charge in [0, 0.05) is 32.3 Å². The Morgan fingerprint density at radius 3 is 2.78 bits per heavy atom. The summed E-state index contributed by atoms with van der Waals surface area (Å²) in [6.07, 6.45) is 2.68. The number of aliphatic hydroxyl groups is 1. The lowest BCUT2D eigenvalue weighted by Crippen LogP contribution is -2.25. The molecule has 7 heteroatoms. The molecular weight excluding hydrogens is 296 g/mol. The van der Waals surface area contributed by atoms with Crippen molar-refractivity contribution in [3.8, 4) is 5.75 Å². The zero-order valence-corrected chi connectivity index (χ0v) is 13.4. The summed E-state index contributed by atoms with van der Waals surface area (Å²) in [5.74, 6) is 0.834. The van der Waals surface area contributed by atoms with Crippen LogP contribution in [0.5, 0.6) is 5.75 Å². The van der Waals surface area contributed by atoms with Gasteiger partial charge in [0.15, 0.2) is 0 Å². The number of methoxy groups -OCH3 is 2. The zero-order chi connectivity index (χ0) is 16.2. The normalized spacial score (nSPS) is 21.7. The second-order valence-corrected chi connectivity index (χ2v) is 5.77. The quantitative estimate of drug-likeness (QED) is 0.837. The third kappa shape index (κ3) is 3.69. The van der Waals surface area contributed by atoms with Crippen molar-refractivity contribution in [1.82, 2.24) is 19.7 Å². The molecule has 0 radical (unpaired) electrons. The molecule has 0 bridgehead atoms. The van der Waals surface area contributed by atoms with Crippen LogP contribution in [0.2, 0.25) is 0 Å². The van der Waals surface area contributed by atoms with Crippen LogP contribution in [0, 0.1) is 0 Å². The minimum absolute atomic E-state index is 0.108. The first kappa shape index (κ1) is 15.9. The van der Waals surface area contributed by atoms with Crippen LogP contribution in [0.1, 0.15) is 11.1 Å². The second kappa shape index (κ2) is 7.08. The Morgan fingerprint density at radius 2 is 2.13 bits per heavy atom. The second-order valence-electron chi connectivity index (χ2n) is 5.77. The number of aromatic nitrogens is 3. The van der Waals surface area contributed by atoms with Crippen molar-refractivity contribution in [3.05, 3.63) is 42.0 Å². The summed E-state index contributed by atoms with van der Waals surface area (Å²) in [4.78, 5) is 6.16. The number of benzene rings is 1. The van der Waals surface area contributed by atoms with Crippen LogP contribution >= 0.6 is 0 Å². The lowest BCUT2D eigenvalue weighted by molar-refractivity contribution is 0.0215. The van der Waals surface area contributed by atoms with E-state index in [1.54, 1.807) is 25.2 Å². The molecule has 2 aromatic rings. The molecule has 1 aromatic heterocycles. The van der Waals surface area contributed by atoms with E-state index in [1.807, 2.05) is 6.07 Å². The van der Waals surface area contributed by atoms with E-state index in [-0.39, 0.29) is 6.10 Å². The van der Waals surface area contributed by atoms with Crippen LogP contribution < -0.4 is 4.74 Å². The minimum Gasteiger partial charge on any atom is -0.496 e. The van der Waals surface area contributed by atoms with Crippen molar-refractivity contribution in [2.45, 2.75) is 25.3 Å². The van der Waals surface area contributed by atoms with Crippen LogP contribution in [0.25, 0.3) is 0 Å². The van der Waals surface area contributed by atoms with Crippen LogP contribution in [-0.2, 0) is 17.8 Å². The van der Waals surface area contributed by atoms with E-state index in [9.17, 15) is 5.11 Å². The van der Waals surface area contributed by atoms with Gasteiger partial charge in [-0.25, -0.2) is 9.67 Å². The molecule has 1 aliphatic rings. The van der Waals surface area contributed by atoms with Gasteiger partial charge < -0.3 is 14.6 Å². The molecule has 0 aliphatic carbocycles. The maximum Gasteiger partial charge on any atom is 0.137 e. The van der Waals surface area contributed by atoms with E-state index >= 15 is 0 Å². The van der Waals surface area contributed by atoms with Gasteiger partial charge in [-0.1, -0.05) is 6.07 Å². The van der Waals surface area contributed by atoms with Crippen molar-refractivity contribution in [2.24, 2.45) is 0 Å². The van der Waals surface area contributed by atoms with Crippen LogP contribution in [-0.4, -0.2) is 64.3 Å². The summed E-state index contributed by atoms with van der Waals surface area (Å²) < 4.78 is 12.5. The van der Waals surface area contributed by atoms with Crippen LogP contribution in [0.3, 0.4) is 0 Å². The molecule has 3 rings (SSSR count). The standard InChI is InChI=1S/C16H22N4O3/c1-22-15-4-3-12(5-13(15)7-20-11-17-10-18-20)6-19-8-14(21)16(9-19)23-2/h3-5,10-11,14,16,21H,6-9H2,1-2H3/t14-,16-/m0/s1. The Bertz CT molecular complexity index is 632. The minimum atomic E-state index is -0.423. The highest BCUT2D eigenvalue weighted by molar-refractivity contribution is 5.37. The predicted molar refractivity (Wildman–Crippen MR) is 84.2 cm³/mol. The fourth-order valence-electron chi connectivity index (χ4n) is 2.99. The molecule has 23 heavy (non-hydrogen) atoms. The average molecular weight is 318 g/mol. The number of β-amino-alcohol motifs (C(OH)–C–C–N with tert-alkyl or cyclic N) is 1. The van der Waals surface area contributed by atoms with E-state index in [2.05, 4.69) is 27.1 Å². The molecule has 7 nitrogen and oxygen atoms in total. The van der Waals surface area contributed by atoms with Crippen molar-refractivity contribution in [1.29, 1.82) is 0 Å². The van der Waals surface area contributed by atoms with Crippen molar-refractivity contribution < 1.29 is 14.6 Å². The molecule has 0 unspecified atom stereocenters. The van der Waals surface area contributed by atoms with Crippen molar-refractivity contribution >= 4 is 0 Å². The Morgan fingerprint density at radius 1 is 1.26 bits per heavy atom. The first-order valence-corrected chi connectivity index (χ1v) is 7.61. The number of likely N-dealkylation sites (tertiary alicyclic amines) is 1. The Labute approximate surface area is 135 Å². The smallest absolute Gasteiger partial charge is 0.137 e. The van der Waals surface area contributed by atoms with E-state index in [0.717, 1.165) is 24.4 Å². The van der Waals surface area contributed by atoms with Gasteiger partial charge in [0.2, 0.25) is 0 Å². The molecule has 0 saturated carbocycles. The highest BCUT2D eigenvalue weighted by Crippen LogP contribution is 2.23. The van der Waals surface area contributed by atoms with Crippen LogP contribution in [0.15, 0.2) is 30.9 Å². The molecule has 0 amide bonds. The van der Waals surface area contributed by atoms with E-state index in [4.69, 9.17) is 9.47 Å².